The van der Waals surface area contributed by atoms with Crippen molar-refractivity contribution in [3.05, 3.63) is 59.7 Å². The summed E-state index contributed by atoms with van der Waals surface area (Å²) in [6.07, 6.45) is 35.7. The molecule has 2 aromatic carbocycles. The van der Waals surface area contributed by atoms with Crippen molar-refractivity contribution in [2.75, 3.05) is 6.61 Å². The molecular weight excluding hydrogens is 595 g/mol. The van der Waals surface area contributed by atoms with Crippen LogP contribution in [0.3, 0.4) is 0 Å². The van der Waals surface area contributed by atoms with Crippen LogP contribution in [0.5, 0.6) is 11.5 Å². The van der Waals surface area contributed by atoms with Gasteiger partial charge in [-0.05, 0) is 67.5 Å². The van der Waals surface area contributed by atoms with Crippen molar-refractivity contribution in [3.8, 4) is 11.5 Å². The molecule has 0 aliphatic rings. The molecule has 0 atom stereocenters. The average molecular weight is 669 g/mol. The number of unbranched alkanes of at least 4 members (excludes halogenated alkanes) is 22. The van der Waals surface area contributed by atoms with Gasteiger partial charge in [0, 0.05) is 0 Å². The molecule has 2 rings (SSSR count). The van der Waals surface area contributed by atoms with Gasteiger partial charge in [0.1, 0.15) is 11.5 Å². The maximum atomic E-state index is 6.32. The van der Waals surface area contributed by atoms with Crippen LogP contribution in [0, 0.1) is 0 Å². The van der Waals surface area contributed by atoms with Crippen LogP contribution in [0.1, 0.15) is 192 Å². The third kappa shape index (κ3) is 23.4. The van der Waals surface area contributed by atoms with Crippen molar-refractivity contribution in [1.82, 2.24) is 0 Å². The lowest BCUT2D eigenvalue weighted by Gasteiger charge is -2.18. The first-order valence-corrected chi connectivity index (χ1v) is 21.3. The van der Waals surface area contributed by atoms with Crippen LogP contribution in [0.2, 0.25) is 0 Å². The van der Waals surface area contributed by atoms with Crippen LogP contribution in [-0.2, 0) is 17.4 Å². The van der Waals surface area contributed by atoms with Crippen LogP contribution >= 0.6 is 8.60 Å². The largest absolute Gasteiger partial charge is 0.463 e. The second-order valence-electron chi connectivity index (χ2n) is 13.8. The normalized spacial score (nSPS) is 11.4. The first kappa shape index (κ1) is 41.6. The maximum absolute atomic E-state index is 6.32. The van der Waals surface area contributed by atoms with Crippen LogP contribution in [0.4, 0.5) is 0 Å². The van der Waals surface area contributed by atoms with E-state index in [1.165, 1.54) is 165 Å². The molecule has 0 unspecified atom stereocenters. The van der Waals surface area contributed by atoms with Crippen molar-refractivity contribution >= 4 is 8.60 Å². The molecule has 0 amide bonds. The predicted octanol–water partition coefficient (Wildman–Crippen LogP) is 15.3. The van der Waals surface area contributed by atoms with E-state index in [2.05, 4.69) is 69.3 Å². The van der Waals surface area contributed by atoms with E-state index >= 15 is 0 Å². The highest BCUT2D eigenvalue weighted by atomic mass is 31.2. The highest BCUT2D eigenvalue weighted by Crippen LogP contribution is 2.42. The van der Waals surface area contributed by atoms with Gasteiger partial charge in [0.25, 0.3) is 0 Å². The summed E-state index contributed by atoms with van der Waals surface area (Å²) < 4.78 is 18.9. The molecule has 47 heavy (non-hydrogen) atoms. The van der Waals surface area contributed by atoms with E-state index in [1.54, 1.807) is 0 Å². The Morgan fingerprint density at radius 2 is 0.660 bits per heavy atom. The Hall–Kier alpha value is -1.57. The van der Waals surface area contributed by atoms with E-state index in [1.807, 2.05) is 0 Å². The SMILES string of the molecule is CCCCCCCCCCCCCOP(Oc1ccc(CCCCCCCCC)cc1)Oc1ccc(CCCCCCCCC)cc1. The van der Waals surface area contributed by atoms with E-state index in [-0.39, 0.29) is 0 Å². The Bertz CT molecular complexity index is 866. The monoisotopic (exact) mass is 669 g/mol. The van der Waals surface area contributed by atoms with Gasteiger partial charge in [-0.3, -0.25) is 4.52 Å². The molecule has 2 aromatic rings. The maximum Gasteiger partial charge on any atom is 0.463 e. The Labute approximate surface area is 293 Å². The highest BCUT2D eigenvalue weighted by molar-refractivity contribution is 7.42. The van der Waals surface area contributed by atoms with E-state index in [9.17, 15) is 0 Å². The van der Waals surface area contributed by atoms with Gasteiger partial charge >= 0.3 is 8.60 Å². The molecule has 0 fully saturated rings. The zero-order valence-electron chi connectivity index (χ0n) is 31.1. The Morgan fingerprint density at radius 3 is 1.00 bits per heavy atom. The molecule has 0 aliphatic carbocycles. The van der Waals surface area contributed by atoms with E-state index in [0.717, 1.165) is 30.8 Å². The van der Waals surface area contributed by atoms with Crippen molar-refractivity contribution in [1.29, 1.82) is 0 Å². The fraction of sp³-hybridized carbons (Fsp3) is 0.721. The van der Waals surface area contributed by atoms with Crippen LogP contribution in [0.25, 0.3) is 0 Å². The fourth-order valence-corrected chi connectivity index (χ4v) is 7.16. The number of hydrogen-bond acceptors (Lipinski definition) is 3. The highest BCUT2D eigenvalue weighted by Gasteiger charge is 2.17. The minimum Gasteiger partial charge on any atom is -0.418 e. The Morgan fingerprint density at radius 1 is 0.362 bits per heavy atom. The first-order chi connectivity index (χ1) is 23.2. The quantitative estimate of drug-likeness (QED) is 0.0559. The topological polar surface area (TPSA) is 27.7 Å². The summed E-state index contributed by atoms with van der Waals surface area (Å²) in [4.78, 5) is 0. The molecule has 0 bridgehead atoms. The van der Waals surface area contributed by atoms with Crippen LogP contribution in [0.15, 0.2) is 48.5 Å². The summed E-state index contributed by atoms with van der Waals surface area (Å²) in [7, 11) is -1.51. The van der Waals surface area contributed by atoms with Crippen molar-refractivity contribution in [3.63, 3.8) is 0 Å². The van der Waals surface area contributed by atoms with E-state index in [4.69, 9.17) is 13.6 Å². The molecular formula is C43H73O3P. The smallest absolute Gasteiger partial charge is 0.418 e. The zero-order chi connectivity index (χ0) is 33.5. The Kier molecular flexibility index (Phi) is 27.0. The standard InChI is InChI=1S/C43H73O3P/c1-4-7-10-13-16-17-18-19-22-25-28-39-44-47(45-42-35-31-40(32-36-42)29-26-23-20-14-11-8-5-2)46-43-37-33-41(34-38-43)30-27-24-21-15-12-9-6-3/h31-38H,4-30,39H2,1-3H3. The van der Waals surface area contributed by atoms with Gasteiger partial charge in [0.05, 0.1) is 6.61 Å². The number of aryl methyl sites for hydroxylation is 2. The lowest BCUT2D eigenvalue weighted by molar-refractivity contribution is 0.258. The second-order valence-corrected chi connectivity index (χ2v) is 14.9. The van der Waals surface area contributed by atoms with Gasteiger partial charge in [-0.1, -0.05) is 186 Å². The molecule has 3 nitrogen and oxygen atoms in total. The van der Waals surface area contributed by atoms with Gasteiger partial charge < -0.3 is 9.05 Å². The third-order valence-electron chi connectivity index (χ3n) is 9.29. The van der Waals surface area contributed by atoms with E-state index < -0.39 is 8.60 Å². The minimum absolute atomic E-state index is 0.676. The number of benzene rings is 2. The molecule has 0 spiro atoms. The average Bonchev–Trinajstić information content (AvgIpc) is 3.09. The molecule has 0 heterocycles. The summed E-state index contributed by atoms with van der Waals surface area (Å²) in [5, 5.41) is 0. The summed E-state index contributed by atoms with van der Waals surface area (Å²) >= 11 is 0. The van der Waals surface area contributed by atoms with Crippen LogP contribution < -0.4 is 9.05 Å². The number of hydrogen-bond donors (Lipinski definition) is 0. The van der Waals surface area contributed by atoms with Gasteiger partial charge in [-0.2, -0.15) is 0 Å². The van der Waals surface area contributed by atoms with Gasteiger partial charge in [-0.25, -0.2) is 0 Å². The summed E-state index contributed by atoms with van der Waals surface area (Å²) in [6, 6.07) is 17.2. The lowest BCUT2D eigenvalue weighted by atomic mass is 10.0. The summed E-state index contributed by atoms with van der Waals surface area (Å²) in [6.45, 7) is 7.53. The first-order valence-electron chi connectivity index (χ1n) is 20.2. The fourth-order valence-electron chi connectivity index (χ4n) is 6.16. The molecule has 0 saturated carbocycles. The predicted molar refractivity (Wildman–Crippen MR) is 207 cm³/mol. The Balaban J connectivity index is 1.77. The van der Waals surface area contributed by atoms with Gasteiger partial charge in [0.2, 0.25) is 0 Å². The minimum atomic E-state index is -1.51. The van der Waals surface area contributed by atoms with Crippen LogP contribution in [-0.4, -0.2) is 6.61 Å². The number of rotatable bonds is 33. The molecule has 4 heteroatoms. The van der Waals surface area contributed by atoms with E-state index in [0.29, 0.717) is 6.61 Å². The molecule has 0 saturated heterocycles. The summed E-state index contributed by atoms with van der Waals surface area (Å²) in [5.74, 6) is 1.66. The lowest BCUT2D eigenvalue weighted by Crippen LogP contribution is -2.02. The van der Waals surface area contributed by atoms with Crippen molar-refractivity contribution in [2.45, 2.75) is 194 Å². The third-order valence-corrected chi connectivity index (χ3v) is 10.4. The molecule has 0 aromatic heterocycles. The molecule has 0 N–H and O–H groups in total. The molecule has 0 radical (unpaired) electrons. The second kappa shape index (κ2) is 30.5. The molecule has 268 valence electrons. The van der Waals surface area contributed by atoms with Crippen molar-refractivity contribution in [2.24, 2.45) is 0 Å². The molecule has 0 aliphatic heterocycles. The summed E-state index contributed by atoms with van der Waals surface area (Å²) in [5.41, 5.74) is 2.77. The zero-order valence-corrected chi connectivity index (χ0v) is 32.0. The van der Waals surface area contributed by atoms with Gasteiger partial charge in [-0.15, -0.1) is 0 Å². The van der Waals surface area contributed by atoms with Crippen molar-refractivity contribution < 1.29 is 13.6 Å². The van der Waals surface area contributed by atoms with Gasteiger partial charge in [0.15, 0.2) is 0 Å².